The molecular weight excluding hydrogens is 674 g/mol. The average Bonchev–Trinajstić information content (AvgIpc) is 3.66. The summed E-state index contributed by atoms with van der Waals surface area (Å²) in [6, 6.07) is 23.3. The molecule has 1 aliphatic rings. The van der Waals surface area contributed by atoms with Crippen LogP contribution in [0.25, 0.3) is 27.8 Å². The van der Waals surface area contributed by atoms with Gasteiger partial charge in [-0.05, 0) is 91.0 Å². The number of halogens is 3. The monoisotopic (exact) mass is 702 g/mol. The highest BCUT2D eigenvalue weighted by molar-refractivity contribution is 7.93. The van der Waals surface area contributed by atoms with Crippen LogP contribution in [0.3, 0.4) is 0 Å². The molecule has 6 aromatic rings. The van der Waals surface area contributed by atoms with E-state index in [0.717, 1.165) is 55.1 Å². The highest BCUT2D eigenvalue weighted by Gasteiger charge is 2.36. The molecule has 3 aromatic carbocycles. The second-order valence-corrected chi connectivity index (χ2v) is 14.7. The quantitative estimate of drug-likeness (QED) is 0.152. The van der Waals surface area contributed by atoms with E-state index < -0.39 is 37.6 Å². The fraction of sp³-hybridized carbons (Fsp3) is 0.171. The minimum Gasteiger partial charge on any atom is -0.381 e. The SMILES string of the molecule is O=c1c(-c2ccc(S(=O)(=O)c3cccs3)cc2C(F)(F)F)cc2cnc(Nc3ccc(NC4CCCNC4)cc3)nc2n1-c1ccccc1. The molecule has 0 aliphatic carbocycles. The summed E-state index contributed by atoms with van der Waals surface area (Å²) in [6.07, 6.45) is -1.34. The standard InChI is InChI=1S/C35H29F3N6O3S2/c36-35(37,38)30-19-27(49(46,47)31-9-5-17-48-31)14-15-28(30)29-18-22-20-40-34(43-32(22)44(33(29)45)26-7-2-1-3-8-26)42-24-12-10-23(11-13-24)41-25-6-4-16-39-21-25/h1-3,5,7-15,17-20,25,39,41H,4,6,16,21H2,(H,40,42,43). The van der Waals surface area contributed by atoms with E-state index >= 15 is 0 Å². The summed E-state index contributed by atoms with van der Waals surface area (Å²) >= 11 is 0.904. The molecule has 250 valence electrons. The van der Waals surface area contributed by atoms with Gasteiger partial charge in [0.25, 0.3) is 5.56 Å². The Kier molecular flexibility index (Phi) is 8.69. The molecule has 1 aliphatic heterocycles. The van der Waals surface area contributed by atoms with E-state index in [1.807, 2.05) is 24.3 Å². The molecule has 1 saturated heterocycles. The van der Waals surface area contributed by atoms with Crippen molar-refractivity contribution in [3.63, 3.8) is 0 Å². The number of anilines is 3. The van der Waals surface area contributed by atoms with Gasteiger partial charge in [0, 0.05) is 41.1 Å². The van der Waals surface area contributed by atoms with Crippen molar-refractivity contribution >= 4 is 49.5 Å². The molecule has 0 spiro atoms. The summed E-state index contributed by atoms with van der Waals surface area (Å²) in [6.45, 7) is 1.92. The second kappa shape index (κ2) is 13.1. The smallest absolute Gasteiger partial charge is 0.381 e. The van der Waals surface area contributed by atoms with Crippen molar-refractivity contribution < 1.29 is 21.6 Å². The summed E-state index contributed by atoms with van der Waals surface area (Å²) < 4.78 is 71.1. The van der Waals surface area contributed by atoms with Gasteiger partial charge in [-0.2, -0.15) is 18.2 Å². The van der Waals surface area contributed by atoms with Gasteiger partial charge in [0.15, 0.2) is 5.65 Å². The number of hydrogen-bond donors (Lipinski definition) is 3. The third-order valence-electron chi connectivity index (χ3n) is 8.22. The number of fused-ring (bicyclic) bond motifs is 1. The lowest BCUT2D eigenvalue weighted by molar-refractivity contribution is -0.137. The third-order valence-corrected chi connectivity index (χ3v) is 11.4. The highest BCUT2D eigenvalue weighted by Crippen LogP contribution is 2.39. The normalized spacial score (nSPS) is 15.3. The maximum atomic E-state index is 14.6. The van der Waals surface area contributed by atoms with Gasteiger partial charge >= 0.3 is 6.18 Å². The van der Waals surface area contributed by atoms with Crippen LogP contribution in [0.4, 0.5) is 30.5 Å². The number of nitrogens with zero attached hydrogens (tertiary/aromatic N) is 3. The maximum Gasteiger partial charge on any atom is 0.417 e. The van der Waals surface area contributed by atoms with Gasteiger partial charge in [0.2, 0.25) is 15.8 Å². The molecule has 1 unspecified atom stereocenters. The van der Waals surface area contributed by atoms with Crippen molar-refractivity contribution in [2.24, 2.45) is 0 Å². The predicted molar refractivity (Wildman–Crippen MR) is 185 cm³/mol. The molecule has 3 N–H and O–H groups in total. The molecule has 9 nitrogen and oxygen atoms in total. The predicted octanol–water partition coefficient (Wildman–Crippen LogP) is 7.27. The van der Waals surface area contributed by atoms with Crippen LogP contribution >= 0.6 is 11.3 Å². The zero-order valence-electron chi connectivity index (χ0n) is 25.7. The number of nitrogens with one attached hydrogen (secondary N) is 3. The minimum absolute atomic E-state index is 0.0864. The van der Waals surface area contributed by atoms with E-state index in [9.17, 15) is 26.4 Å². The van der Waals surface area contributed by atoms with Gasteiger partial charge in [0.05, 0.1) is 16.1 Å². The van der Waals surface area contributed by atoms with Crippen LogP contribution in [-0.2, 0) is 16.0 Å². The topological polar surface area (TPSA) is 118 Å². The zero-order chi connectivity index (χ0) is 34.2. The van der Waals surface area contributed by atoms with Crippen molar-refractivity contribution in [2.45, 2.75) is 34.2 Å². The molecule has 0 amide bonds. The first-order chi connectivity index (χ1) is 23.6. The van der Waals surface area contributed by atoms with E-state index in [1.165, 1.54) is 34.3 Å². The minimum atomic E-state index is -4.97. The molecule has 4 heterocycles. The molecule has 7 rings (SSSR count). The van der Waals surface area contributed by atoms with Crippen LogP contribution in [0.2, 0.25) is 0 Å². The van der Waals surface area contributed by atoms with Gasteiger partial charge in [-0.1, -0.05) is 30.3 Å². The number of para-hydroxylation sites is 1. The first-order valence-electron chi connectivity index (χ1n) is 15.4. The third kappa shape index (κ3) is 6.67. The number of pyridine rings is 1. The fourth-order valence-corrected chi connectivity index (χ4v) is 8.27. The van der Waals surface area contributed by atoms with E-state index in [0.29, 0.717) is 28.9 Å². The maximum absolute atomic E-state index is 14.6. The molecule has 0 bridgehead atoms. The molecule has 49 heavy (non-hydrogen) atoms. The van der Waals surface area contributed by atoms with Gasteiger partial charge in [-0.3, -0.25) is 9.36 Å². The van der Waals surface area contributed by atoms with Crippen LogP contribution < -0.4 is 21.5 Å². The number of benzene rings is 3. The zero-order valence-corrected chi connectivity index (χ0v) is 27.4. The Morgan fingerprint density at radius 1 is 0.918 bits per heavy atom. The number of rotatable bonds is 8. The molecule has 3 aromatic heterocycles. The summed E-state index contributed by atoms with van der Waals surface area (Å²) in [4.78, 5) is 22.7. The number of alkyl halides is 3. The summed E-state index contributed by atoms with van der Waals surface area (Å²) in [5.41, 5.74) is -0.552. The summed E-state index contributed by atoms with van der Waals surface area (Å²) in [7, 11) is -4.21. The van der Waals surface area contributed by atoms with Crippen LogP contribution in [0.5, 0.6) is 0 Å². The Bertz CT molecular complexity index is 2290. The molecule has 0 radical (unpaired) electrons. The number of piperidine rings is 1. The van der Waals surface area contributed by atoms with Crippen molar-refractivity contribution in [3.05, 3.63) is 118 Å². The fourth-order valence-electron chi connectivity index (χ4n) is 5.85. The Morgan fingerprint density at radius 2 is 1.69 bits per heavy atom. The molecule has 1 atom stereocenters. The highest BCUT2D eigenvalue weighted by atomic mass is 32.2. The largest absolute Gasteiger partial charge is 0.417 e. The average molecular weight is 703 g/mol. The molecular formula is C35H29F3N6O3S2. The van der Waals surface area contributed by atoms with Gasteiger partial charge in [-0.25, -0.2) is 13.4 Å². The van der Waals surface area contributed by atoms with E-state index in [1.54, 1.807) is 30.3 Å². The number of aromatic nitrogens is 3. The first-order valence-corrected chi connectivity index (χ1v) is 17.8. The molecule has 14 heteroatoms. The Labute approximate surface area is 283 Å². The lowest BCUT2D eigenvalue weighted by Gasteiger charge is -2.24. The Hall–Kier alpha value is -5.05. The van der Waals surface area contributed by atoms with Crippen molar-refractivity contribution in [1.29, 1.82) is 0 Å². The van der Waals surface area contributed by atoms with Crippen molar-refractivity contribution in [2.75, 3.05) is 23.7 Å². The molecule has 1 fully saturated rings. The number of sulfone groups is 1. The first kappa shape index (κ1) is 32.5. The van der Waals surface area contributed by atoms with Crippen LogP contribution in [0.15, 0.2) is 116 Å². The summed E-state index contributed by atoms with van der Waals surface area (Å²) in [5, 5.41) is 11.9. The second-order valence-electron chi connectivity index (χ2n) is 11.5. The molecule has 0 saturated carbocycles. The number of thiophene rings is 1. The van der Waals surface area contributed by atoms with Crippen molar-refractivity contribution in [1.82, 2.24) is 19.9 Å². The number of hydrogen-bond acceptors (Lipinski definition) is 9. The van der Waals surface area contributed by atoms with E-state index in [4.69, 9.17) is 0 Å². The van der Waals surface area contributed by atoms with Gasteiger partial charge in [-0.15, -0.1) is 11.3 Å². The van der Waals surface area contributed by atoms with Crippen LogP contribution in [-0.4, -0.2) is 42.1 Å². The summed E-state index contributed by atoms with van der Waals surface area (Å²) in [5.74, 6) is 0.181. The van der Waals surface area contributed by atoms with Crippen LogP contribution in [0, 0.1) is 0 Å². The van der Waals surface area contributed by atoms with Crippen LogP contribution in [0.1, 0.15) is 18.4 Å². The van der Waals surface area contributed by atoms with Crippen molar-refractivity contribution in [3.8, 4) is 16.8 Å². The lowest BCUT2D eigenvalue weighted by Crippen LogP contribution is -2.38. The Morgan fingerprint density at radius 3 is 2.39 bits per heavy atom. The van der Waals surface area contributed by atoms with Gasteiger partial charge in [0.1, 0.15) is 4.21 Å². The van der Waals surface area contributed by atoms with Gasteiger partial charge < -0.3 is 16.0 Å². The van der Waals surface area contributed by atoms with E-state index in [2.05, 4.69) is 25.9 Å². The Balaban J connectivity index is 1.30. The lowest BCUT2D eigenvalue weighted by atomic mass is 9.99. The van der Waals surface area contributed by atoms with E-state index in [-0.39, 0.29) is 21.4 Å².